The van der Waals surface area contributed by atoms with Crippen LogP contribution in [-0.2, 0) is 6.42 Å². The molecule has 0 fully saturated rings. The molecule has 0 aliphatic rings. The first kappa shape index (κ1) is 14.2. The third-order valence-electron chi connectivity index (χ3n) is 3.73. The van der Waals surface area contributed by atoms with Crippen molar-refractivity contribution in [2.24, 2.45) is 0 Å². The maximum Gasteiger partial charge on any atom is 0.0702 e. The summed E-state index contributed by atoms with van der Waals surface area (Å²) in [6, 6.07) is 19.4. The number of benzene rings is 2. The summed E-state index contributed by atoms with van der Waals surface area (Å²) in [5, 5.41) is 4.60. The van der Waals surface area contributed by atoms with E-state index in [2.05, 4.69) is 74.8 Å². The van der Waals surface area contributed by atoms with Gasteiger partial charge in [0, 0.05) is 22.1 Å². The Morgan fingerprint density at radius 2 is 1.90 bits per heavy atom. The van der Waals surface area contributed by atoms with E-state index in [4.69, 9.17) is 0 Å². The van der Waals surface area contributed by atoms with Gasteiger partial charge in [0.2, 0.25) is 0 Å². The molecule has 1 aromatic heterocycles. The van der Waals surface area contributed by atoms with Gasteiger partial charge >= 0.3 is 0 Å². The van der Waals surface area contributed by atoms with E-state index in [-0.39, 0.29) is 0 Å². The van der Waals surface area contributed by atoms with Crippen LogP contribution in [0, 0.1) is 0 Å². The summed E-state index contributed by atoms with van der Waals surface area (Å²) in [5.41, 5.74) is 3.66. The third kappa shape index (κ3) is 3.31. The van der Waals surface area contributed by atoms with Gasteiger partial charge in [-0.1, -0.05) is 40.2 Å². The number of rotatable bonds is 4. The van der Waals surface area contributed by atoms with E-state index in [1.807, 2.05) is 19.3 Å². The van der Waals surface area contributed by atoms with E-state index in [9.17, 15) is 0 Å². The average Bonchev–Trinajstić information content (AvgIpc) is 2.54. The second kappa shape index (κ2) is 6.37. The van der Waals surface area contributed by atoms with Crippen LogP contribution < -0.4 is 5.32 Å². The molecular formula is C18H17BrN2. The summed E-state index contributed by atoms with van der Waals surface area (Å²) >= 11 is 3.48. The molecule has 2 nitrogen and oxygen atoms in total. The monoisotopic (exact) mass is 340 g/mol. The number of nitrogens with one attached hydrogen (secondary N) is 1. The molecule has 3 heteroatoms. The Hall–Kier alpha value is -1.71. The first-order valence-corrected chi connectivity index (χ1v) is 7.82. The lowest BCUT2D eigenvalue weighted by Gasteiger charge is -2.17. The van der Waals surface area contributed by atoms with E-state index >= 15 is 0 Å². The van der Waals surface area contributed by atoms with Gasteiger partial charge in [0.1, 0.15) is 0 Å². The minimum absolute atomic E-state index is 0.302. The van der Waals surface area contributed by atoms with E-state index < -0.39 is 0 Å². The SMILES string of the molecule is CNC(Cc1ccc(Br)cc1)c1ccc2ncccc2c1. The van der Waals surface area contributed by atoms with Gasteiger partial charge in [0.15, 0.2) is 0 Å². The van der Waals surface area contributed by atoms with Crippen molar-refractivity contribution in [3.05, 3.63) is 76.4 Å². The zero-order chi connectivity index (χ0) is 14.7. The molecule has 21 heavy (non-hydrogen) atoms. The number of hydrogen-bond acceptors (Lipinski definition) is 2. The van der Waals surface area contributed by atoms with Gasteiger partial charge in [0.25, 0.3) is 0 Å². The Bertz CT molecular complexity index is 738. The molecule has 1 heterocycles. The fourth-order valence-corrected chi connectivity index (χ4v) is 2.82. The number of nitrogens with zero attached hydrogens (tertiary/aromatic N) is 1. The topological polar surface area (TPSA) is 24.9 Å². The average molecular weight is 341 g/mol. The van der Waals surface area contributed by atoms with E-state index in [1.54, 1.807) is 0 Å². The number of pyridine rings is 1. The van der Waals surface area contributed by atoms with Crippen molar-refractivity contribution >= 4 is 26.8 Å². The molecule has 0 saturated carbocycles. The van der Waals surface area contributed by atoms with E-state index in [0.717, 1.165) is 16.4 Å². The van der Waals surface area contributed by atoms with Crippen LogP contribution in [0.1, 0.15) is 17.2 Å². The smallest absolute Gasteiger partial charge is 0.0702 e. The van der Waals surface area contributed by atoms with Gasteiger partial charge in [-0.2, -0.15) is 0 Å². The molecule has 1 unspecified atom stereocenters. The van der Waals surface area contributed by atoms with Crippen LogP contribution in [0.15, 0.2) is 65.3 Å². The molecule has 3 aromatic rings. The number of fused-ring (bicyclic) bond motifs is 1. The van der Waals surface area contributed by atoms with Crippen molar-refractivity contribution in [3.63, 3.8) is 0 Å². The zero-order valence-electron chi connectivity index (χ0n) is 11.9. The largest absolute Gasteiger partial charge is 0.313 e. The summed E-state index contributed by atoms with van der Waals surface area (Å²) in [5.74, 6) is 0. The van der Waals surface area contributed by atoms with Crippen LogP contribution in [0.5, 0.6) is 0 Å². The minimum atomic E-state index is 0.302. The van der Waals surface area contributed by atoms with Crippen molar-refractivity contribution < 1.29 is 0 Å². The quantitative estimate of drug-likeness (QED) is 0.756. The van der Waals surface area contributed by atoms with Gasteiger partial charge in [-0.3, -0.25) is 4.98 Å². The first-order chi connectivity index (χ1) is 10.3. The summed E-state index contributed by atoms with van der Waals surface area (Å²) < 4.78 is 1.11. The van der Waals surface area contributed by atoms with Crippen LogP contribution in [0.3, 0.4) is 0 Å². The molecule has 3 rings (SSSR count). The molecule has 2 aromatic carbocycles. The van der Waals surface area contributed by atoms with Crippen molar-refractivity contribution in [1.29, 1.82) is 0 Å². The Kier molecular flexibility index (Phi) is 4.32. The Morgan fingerprint density at radius 1 is 1.10 bits per heavy atom. The van der Waals surface area contributed by atoms with Crippen molar-refractivity contribution in [3.8, 4) is 0 Å². The normalized spacial score (nSPS) is 12.5. The summed E-state index contributed by atoms with van der Waals surface area (Å²) in [6.45, 7) is 0. The number of halogens is 1. The molecule has 0 aliphatic heterocycles. The summed E-state index contributed by atoms with van der Waals surface area (Å²) in [7, 11) is 2.01. The van der Waals surface area contributed by atoms with Crippen molar-refractivity contribution in [2.75, 3.05) is 7.05 Å². The van der Waals surface area contributed by atoms with Crippen LogP contribution in [0.2, 0.25) is 0 Å². The first-order valence-electron chi connectivity index (χ1n) is 7.02. The second-order valence-electron chi connectivity index (χ2n) is 5.13. The van der Waals surface area contributed by atoms with Gasteiger partial charge in [-0.05, 0) is 54.9 Å². The molecule has 0 amide bonds. The molecule has 1 N–H and O–H groups in total. The predicted octanol–water partition coefficient (Wildman–Crippen LogP) is 4.50. The minimum Gasteiger partial charge on any atom is -0.313 e. The number of likely N-dealkylation sites (N-methyl/N-ethyl adjacent to an activating group) is 1. The summed E-state index contributed by atoms with van der Waals surface area (Å²) in [6.07, 6.45) is 2.80. The maximum atomic E-state index is 4.38. The summed E-state index contributed by atoms with van der Waals surface area (Å²) in [4.78, 5) is 4.38. The van der Waals surface area contributed by atoms with Gasteiger partial charge < -0.3 is 5.32 Å². The molecule has 0 bridgehead atoms. The molecule has 1 atom stereocenters. The van der Waals surface area contributed by atoms with Crippen molar-refractivity contribution in [2.45, 2.75) is 12.5 Å². The molecule has 106 valence electrons. The van der Waals surface area contributed by atoms with E-state index in [1.165, 1.54) is 16.5 Å². The van der Waals surface area contributed by atoms with Crippen molar-refractivity contribution in [1.82, 2.24) is 10.3 Å². The van der Waals surface area contributed by atoms with Crippen LogP contribution in [-0.4, -0.2) is 12.0 Å². The maximum absolute atomic E-state index is 4.38. The molecular weight excluding hydrogens is 324 g/mol. The molecule has 0 aliphatic carbocycles. The molecule has 0 radical (unpaired) electrons. The lowest BCUT2D eigenvalue weighted by atomic mass is 9.98. The highest BCUT2D eigenvalue weighted by atomic mass is 79.9. The van der Waals surface area contributed by atoms with Crippen LogP contribution >= 0.6 is 15.9 Å². The lowest BCUT2D eigenvalue weighted by molar-refractivity contribution is 0.592. The fraction of sp³-hybridized carbons (Fsp3) is 0.167. The Morgan fingerprint density at radius 3 is 2.67 bits per heavy atom. The van der Waals surface area contributed by atoms with Gasteiger partial charge in [-0.15, -0.1) is 0 Å². The number of aromatic nitrogens is 1. The Labute approximate surface area is 133 Å². The van der Waals surface area contributed by atoms with Gasteiger partial charge in [0.05, 0.1) is 5.52 Å². The molecule has 0 spiro atoms. The predicted molar refractivity (Wildman–Crippen MR) is 91.4 cm³/mol. The van der Waals surface area contributed by atoms with E-state index in [0.29, 0.717) is 6.04 Å². The van der Waals surface area contributed by atoms with Crippen LogP contribution in [0.25, 0.3) is 10.9 Å². The fourth-order valence-electron chi connectivity index (χ4n) is 2.55. The highest BCUT2D eigenvalue weighted by Crippen LogP contribution is 2.23. The highest BCUT2D eigenvalue weighted by molar-refractivity contribution is 9.10. The Balaban J connectivity index is 1.88. The molecule has 0 saturated heterocycles. The second-order valence-corrected chi connectivity index (χ2v) is 6.04. The third-order valence-corrected chi connectivity index (χ3v) is 4.26. The lowest BCUT2D eigenvalue weighted by Crippen LogP contribution is -2.18. The zero-order valence-corrected chi connectivity index (χ0v) is 13.5. The standard InChI is InChI=1S/C18H17BrN2/c1-20-18(11-13-4-7-16(19)8-5-13)15-6-9-17-14(12-15)3-2-10-21-17/h2-10,12,18,20H,11H2,1H3. The van der Waals surface area contributed by atoms with Crippen LogP contribution in [0.4, 0.5) is 0 Å². The highest BCUT2D eigenvalue weighted by Gasteiger charge is 2.11. The number of hydrogen-bond donors (Lipinski definition) is 1. The van der Waals surface area contributed by atoms with Gasteiger partial charge in [-0.25, -0.2) is 0 Å².